The van der Waals surface area contributed by atoms with Crippen LogP contribution < -0.4 is 5.73 Å². The number of benzene rings is 1. The summed E-state index contributed by atoms with van der Waals surface area (Å²) in [5.41, 5.74) is 9.86. The standard InChI is InChI=1S/C17H25N3/c1-4-17(18)9-15-10-19-20(12-15)11-14-5-7-16(8-6-14)13(2)3/h5-8,10,12-13,17H,4,9,11,18H2,1-3H3. The van der Waals surface area contributed by atoms with Crippen LogP contribution in [-0.2, 0) is 13.0 Å². The van der Waals surface area contributed by atoms with Crippen molar-refractivity contribution in [1.82, 2.24) is 9.78 Å². The lowest BCUT2D eigenvalue weighted by molar-refractivity contribution is 0.644. The Kier molecular flexibility index (Phi) is 4.96. The molecule has 0 saturated carbocycles. The molecule has 0 aliphatic heterocycles. The van der Waals surface area contributed by atoms with E-state index in [2.05, 4.69) is 56.3 Å². The van der Waals surface area contributed by atoms with Gasteiger partial charge in [0.25, 0.3) is 0 Å². The monoisotopic (exact) mass is 271 g/mol. The minimum atomic E-state index is 0.234. The molecule has 0 saturated heterocycles. The topological polar surface area (TPSA) is 43.8 Å². The van der Waals surface area contributed by atoms with Gasteiger partial charge in [0, 0.05) is 12.2 Å². The Morgan fingerprint density at radius 2 is 1.85 bits per heavy atom. The molecule has 1 atom stereocenters. The number of nitrogens with two attached hydrogens (primary N) is 1. The van der Waals surface area contributed by atoms with Gasteiger partial charge in [0.2, 0.25) is 0 Å². The molecule has 1 aromatic heterocycles. The van der Waals surface area contributed by atoms with Crippen LogP contribution in [0.4, 0.5) is 0 Å². The largest absolute Gasteiger partial charge is 0.327 e. The fourth-order valence-electron chi connectivity index (χ4n) is 2.24. The summed E-state index contributed by atoms with van der Waals surface area (Å²) in [6, 6.07) is 9.02. The quantitative estimate of drug-likeness (QED) is 0.875. The van der Waals surface area contributed by atoms with Crippen molar-refractivity contribution < 1.29 is 0 Å². The van der Waals surface area contributed by atoms with Gasteiger partial charge in [-0.15, -0.1) is 0 Å². The first-order chi connectivity index (χ1) is 9.58. The molecule has 2 aromatic rings. The first-order valence-corrected chi connectivity index (χ1v) is 7.44. The maximum Gasteiger partial charge on any atom is 0.0659 e. The van der Waals surface area contributed by atoms with Gasteiger partial charge in [-0.1, -0.05) is 45.0 Å². The Morgan fingerprint density at radius 1 is 1.15 bits per heavy atom. The van der Waals surface area contributed by atoms with Gasteiger partial charge in [-0.25, -0.2) is 0 Å². The highest BCUT2D eigenvalue weighted by Gasteiger charge is 2.05. The minimum absolute atomic E-state index is 0.234. The molecule has 0 aliphatic rings. The van der Waals surface area contributed by atoms with Crippen LogP contribution in [0.3, 0.4) is 0 Å². The van der Waals surface area contributed by atoms with Gasteiger partial charge in [0.1, 0.15) is 0 Å². The highest BCUT2D eigenvalue weighted by molar-refractivity contribution is 5.25. The van der Waals surface area contributed by atoms with Crippen LogP contribution in [0.1, 0.15) is 49.8 Å². The summed E-state index contributed by atoms with van der Waals surface area (Å²) < 4.78 is 1.99. The summed E-state index contributed by atoms with van der Waals surface area (Å²) in [5.74, 6) is 0.580. The third-order valence-corrected chi connectivity index (χ3v) is 3.70. The lowest BCUT2D eigenvalue weighted by Gasteiger charge is -2.07. The Balaban J connectivity index is 1.99. The van der Waals surface area contributed by atoms with Crippen LogP contribution in [0, 0.1) is 0 Å². The molecule has 2 rings (SSSR count). The molecule has 1 unspecified atom stereocenters. The van der Waals surface area contributed by atoms with Crippen molar-refractivity contribution >= 4 is 0 Å². The zero-order valence-corrected chi connectivity index (χ0v) is 12.7. The zero-order chi connectivity index (χ0) is 14.5. The second-order valence-corrected chi connectivity index (χ2v) is 5.81. The number of hydrogen-bond acceptors (Lipinski definition) is 2. The molecule has 0 spiro atoms. The molecule has 3 heteroatoms. The summed E-state index contributed by atoms with van der Waals surface area (Å²) in [6.07, 6.45) is 5.94. The van der Waals surface area contributed by atoms with E-state index in [1.54, 1.807) is 0 Å². The second-order valence-electron chi connectivity index (χ2n) is 5.81. The van der Waals surface area contributed by atoms with E-state index in [1.165, 1.54) is 16.7 Å². The van der Waals surface area contributed by atoms with Crippen LogP contribution in [0.5, 0.6) is 0 Å². The van der Waals surface area contributed by atoms with Crippen molar-refractivity contribution in [3.05, 3.63) is 53.3 Å². The summed E-state index contributed by atoms with van der Waals surface area (Å²) in [6.45, 7) is 7.36. The highest BCUT2D eigenvalue weighted by Crippen LogP contribution is 2.15. The van der Waals surface area contributed by atoms with Crippen molar-refractivity contribution in [2.24, 2.45) is 5.73 Å². The molecule has 20 heavy (non-hydrogen) atoms. The highest BCUT2D eigenvalue weighted by atomic mass is 15.3. The van der Waals surface area contributed by atoms with E-state index in [0.717, 1.165) is 19.4 Å². The van der Waals surface area contributed by atoms with Gasteiger partial charge >= 0.3 is 0 Å². The average Bonchev–Trinajstić information content (AvgIpc) is 2.86. The lowest BCUT2D eigenvalue weighted by atomic mass is 10.0. The van der Waals surface area contributed by atoms with Crippen LogP contribution in [0.15, 0.2) is 36.7 Å². The molecular weight excluding hydrogens is 246 g/mol. The number of rotatable bonds is 6. The zero-order valence-electron chi connectivity index (χ0n) is 12.7. The molecular formula is C17H25N3. The Morgan fingerprint density at radius 3 is 2.45 bits per heavy atom. The number of aromatic nitrogens is 2. The van der Waals surface area contributed by atoms with E-state index in [9.17, 15) is 0 Å². The number of nitrogens with zero attached hydrogens (tertiary/aromatic N) is 2. The maximum atomic E-state index is 5.97. The fraction of sp³-hybridized carbons (Fsp3) is 0.471. The van der Waals surface area contributed by atoms with Crippen LogP contribution in [-0.4, -0.2) is 15.8 Å². The first kappa shape index (κ1) is 14.8. The van der Waals surface area contributed by atoms with Crippen molar-refractivity contribution in [3.63, 3.8) is 0 Å². The molecule has 108 valence electrons. The molecule has 0 bridgehead atoms. The molecule has 0 radical (unpaired) electrons. The molecule has 0 fully saturated rings. The van der Waals surface area contributed by atoms with Gasteiger partial charge in [0.15, 0.2) is 0 Å². The van der Waals surface area contributed by atoms with E-state index in [4.69, 9.17) is 5.73 Å². The van der Waals surface area contributed by atoms with E-state index < -0.39 is 0 Å². The smallest absolute Gasteiger partial charge is 0.0659 e. The second kappa shape index (κ2) is 6.71. The Bertz CT molecular complexity index is 525. The van der Waals surface area contributed by atoms with Crippen molar-refractivity contribution in [2.45, 2.75) is 52.1 Å². The van der Waals surface area contributed by atoms with E-state index in [-0.39, 0.29) is 6.04 Å². The van der Waals surface area contributed by atoms with E-state index in [1.807, 2.05) is 10.9 Å². The summed E-state index contributed by atoms with van der Waals surface area (Å²) >= 11 is 0. The average molecular weight is 271 g/mol. The lowest BCUT2D eigenvalue weighted by Crippen LogP contribution is -2.21. The van der Waals surface area contributed by atoms with Gasteiger partial charge in [-0.2, -0.15) is 5.10 Å². The normalized spacial score (nSPS) is 12.8. The SMILES string of the molecule is CCC(N)Cc1cnn(Cc2ccc(C(C)C)cc2)c1. The van der Waals surface area contributed by atoms with Crippen molar-refractivity contribution in [2.75, 3.05) is 0 Å². The molecule has 0 amide bonds. The maximum absolute atomic E-state index is 5.97. The van der Waals surface area contributed by atoms with Crippen molar-refractivity contribution in [3.8, 4) is 0 Å². The predicted molar refractivity (Wildman–Crippen MR) is 83.8 cm³/mol. The summed E-state index contributed by atoms with van der Waals surface area (Å²) in [4.78, 5) is 0. The third-order valence-electron chi connectivity index (χ3n) is 3.70. The first-order valence-electron chi connectivity index (χ1n) is 7.44. The van der Waals surface area contributed by atoms with E-state index in [0.29, 0.717) is 5.92 Å². The third kappa shape index (κ3) is 3.94. The Labute approximate surface area is 121 Å². The molecule has 0 aliphatic carbocycles. The summed E-state index contributed by atoms with van der Waals surface area (Å²) in [7, 11) is 0. The van der Waals surface area contributed by atoms with E-state index >= 15 is 0 Å². The fourth-order valence-corrected chi connectivity index (χ4v) is 2.24. The molecule has 2 N–H and O–H groups in total. The Hall–Kier alpha value is -1.61. The van der Waals surface area contributed by atoms with Gasteiger partial charge in [-0.05, 0) is 35.4 Å². The van der Waals surface area contributed by atoms with Crippen LogP contribution >= 0.6 is 0 Å². The van der Waals surface area contributed by atoms with Gasteiger partial charge in [-0.3, -0.25) is 4.68 Å². The van der Waals surface area contributed by atoms with Gasteiger partial charge in [0.05, 0.1) is 12.7 Å². The molecule has 1 heterocycles. The molecule has 3 nitrogen and oxygen atoms in total. The predicted octanol–water partition coefficient (Wildman–Crippen LogP) is 3.33. The van der Waals surface area contributed by atoms with Gasteiger partial charge < -0.3 is 5.73 Å². The summed E-state index contributed by atoms with van der Waals surface area (Å²) in [5, 5.41) is 4.42. The minimum Gasteiger partial charge on any atom is -0.327 e. The van der Waals surface area contributed by atoms with Crippen molar-refractivity contribution in [1.29, 1.82) is 0 Å². The number of hydrogen-bond donors (Lipinski definition) is 1. The van der Waals surface area contributed by atoms with Crippen LogP contribution in [0.25, 0.3) is 0 Å². The van der Waals surface area contributed by atoms with Crippen LogP contribution in [0.2, 0.25) is 0 Å². The molecule has 1 aromatic carbocycles.